The highest BCUT2D eigenvalue weighted by molar-refractivity contribution is 7.98. The van der Waals surface area contributed by atoms with E-state index in [2.05, 4.69) is 14.8 Å². The fourth-order valence-corrected chi connectivity index (χ4v) is 5.97. The van der Waals surface area contributed by atoms with Crippen molar-refractivity contribution < 1.29 is 19.1 Å². The maximum Gasteiger partial charge on any atom is 0.421 e. The monoisotopic (exact) mass is 428 g/mol. The molecule has 3 aliphatic heterocycles. The van der Waals surface area contributed by atoms with E-state index in [0.29, 0.717) is 31.0 Å². The van der Waals surface area contributed by atoms with E-state index in [-0.39, 0.29) is 5.92 Å². The SMILES string of the molecule is N#Cc1ccc(CSc2nsnc2[C@@H]2CN3C[C@@H]2CCC32OC(=O)C(=O)O2)cc1. The van der Waals surface area contributed by atoms with Crippen LogP contribution < -0.4 is 0 Å². The van der Waals surface area contributed by atoms with Gasteiger partial charge in [0.2, 0.25) is 0 Å². The van der Waals surface area contributed by atoms with Crippen molar-refractivity contribution in [1.82, 2.24) is 13.6 Å². The summed E-state index contributed by atoms with van der Waals surface area (Å²) in [5.41, 5.74) is 2.73. The first-order chi connectivity index (χ1) is 14.1. The predicted molar refractivity (Wildman–Crippen MR) is 103 cm³/mol. The van der Waals surface area contributed by atoms with E-state index >= 15 is 0 Å². The van der Waals surface area contributed by atoms with Crippen LogP contribution in [0.4, 0.5) is 0 Å². The second-order valence-electron chi connectivity index (χ2n) is 7.35. The third-order valence-electron chi connectivity index (χ3n) is 5.72. The number of piperidine rings is 1. The van der Waals surface area contributed by atoms with Gasteiger partial charge in [0.05, 0.1) is 29.1 Å². The Kier molecular flexibility index (Phi) is 4.53. The van der Waals surface area contributed by atoms with Gasteiger partial charge in [0.15, 0.2) is 0 Å². The second kappa shape index (κ2) is 7.09. The first-order valence-electron chi connectivity index (χ1n) is 9.23. The Balaban J connectivity index is 1.30. The predicted octanol–water partition coefficient (Wildman–Crippen LogP) is 2.27. The van der Waals surface area contributed by atoms with Crippen LogP contribution in [0.3, 0.4) is 0 Å². The molecule has 2 aromatic rings. The van der Waals surface area contributed by atoms with E-state index in [1.807, 2.05) is 29.2 Å². The maximum absolute atomic E-state index is 11.6. The molecule has 148 valence electrons. The number of hydrogen-bond donors (Lipinski definition) is 0. The zero-order chi connectivity index (χ0) is 20.0. The van der Waals surface area contributed by atoms with Crippen molar-refractivity contribution in [2.75, 3.05) is 13.1 Å². The topological polar surface area (TPSA) is 105 Å². The summed E-state index contributed by atoms with van der Waals surface area (Å²) in [5.74, 6) is -1.81. The Morgan fingerprint density at radius 3 is 2.69 bits per heavy atom. The third-order valence-corrected chi connectivity index (χ3v) is 7.43. The molecule has 2 bridgehead atoms. The summed E-state index contributed by atoms with van der Waals surface area (Å²) in [4.78, 5) is 25.1. The second-order valence-corrected chi connectivity index (χ2v) is 8.85. The van der Waals surface area contributed by atoms with E-state index in [4.69, 9.17) is 14.7 Å². The molecule has 1 spiro atoms. The normalized spacial score (nSPS) is 26.9. The van der Waals surface area contributed by atoms with Crippen LogP contribution in [0.25, 0.3) is 0 Å². The van der Waals surface area contributed by atoms with Gasteiger partial charge >= 0.3 is 17.8 Å². The van der Waals surface area contributed by atoms with Crippen LogP contribution in [0.1, 0.15) is 35.6 Å². The van der Waals surface area contributed by atoms with Gasteiger partial charge in [-0.15, -0.1) is 0 Å². The average molecular weight is 428 g/mol. The lowest BCUT2D eigenvalue weighted by Gasteiger charge is -2.37. The van der Waals surface area contributed by atoms with Gasteiger partial charge in [-0.05, 0) is 30.0 Å². The number of benzene rings is 1. The van der Waals surface area contributed by atoms with E-state index in [9.17, 15) is 9.59 Å². The molecule has 5 rings (SSSR count). The minimum Gasteiger partial charge on any atom is -0.400 e. The van der Waals surface area contributed by atoms with Crippen molar-refractivity contribution in [3.63, 3.8) is 0 Å². The first kappa shape index (κ1) is 18.5. The lowest BCUT2D eigenvalue weighted by atomic mass is 9.88. The molecule has 8 nitrogen and oxygen atoms in total. The average Bonchev–Trinajstić information content (AvgIpc) is 3.41. The molecule has 3 saturated heterocycles. The van der Waals surface area contributed by atoms with Crippen LogP contribution in [0.2, 0.25) is 0 Å². The van der Waals surface area contributed by atoms with E-state index in [1.165, 1.54) is 11.7 Å². The van der Waals surface area contributed by atoms with E-state index < -0.39 is 17.8 Å². The smallest absolute Gasteiger partial charge is 0.400 e. The number of thioether (sulfide) groups is 1. The Morgan fingerprint density at radius 2 is 1.97 bits per heavy atom. The van der Waals surface area contributed by atoms with Gasteiger partial charge in [0.1, 0.15) is 5.03 Å². The van der Waals surface area contributed by atoms with Crippen molar-refractivity contribution in [1.29, 1.82) is 5.26 Å². The van der Waals surface area contributed by atoms with Gasteiger partial charge in [0, 0.05) is 31.2 Å². The van der Waals surface area contributed by atoms with Crippen molar-refractivity contribution >= 4 is 35.4 Å². The molecule has 1 unspecified atom stereocenters. The molecular weight excluding hydrogens is 412 g/mol. The highest BCUT2D eigenvalue weighted by Crippen LogP contribution is 2.48. The zero-order valence-corrected chi connectivity index (χ0v) is 16.9. The van der Waals surface area contributed by atoms with Gasteiger partial charge in [-0.3, -0.25) is 0 Å². The standard InChI is InChI=1S/C19H16N4O4S2/c20-7-11-1-3-12(4-2-11)10-28-16-15(21-29-22-16)14-9-23-8-13(14)5-6-19(23)26-17(24)18(25)27-19/h1-4,13-14H,5-6,8-10H2/t13-,14+/m0/s1. The number of hydrogen-bond acceptors (Lipinski definition) is 10. The van der Waals surface area contributed by atoms with Crippen molar-refractivity contribution in [2.24, 2.45) is 5.92 Å². The zero-order valence-electron chi connectivity index (χ0n) is 15.2. The summed E-state index contributed by atoms with van der Waals surface area (Å²) in [6.45, 7) is 1.31. The largest absolute Gasteiger partial charge is 0.421 e. The number of nitriles is 1. The minimum absolute atomic E-state index is 0.162. The van der Waals surface area contributed by atoms with Crippen molar-refractivity contribution in [2.45, 2.75) is 35.4 Å². The lowest BCUT2D eigenvalue weighted by molar-refractivity contribution is -0.257. The molecule has 3 aliphatic rings. The Labute approximate surface area is 175 Å². The molecular formula is C19H16N4O4S2. The van der Waals surface area contributed by atoms with Gasteiger partial charge in [-0.2, -0.15) is 14.0 Å². The fourth-order valence-electron chi connectivity index (χ4n) is 4.24. The summed E-state index contributed by atoms with van der Waals surface area (Å²) in [5, 5.41) is 9.83. The van der Waals surface area contributed by atoms with Crippen molar-refractivity contribution in [3.05, 3.63) is 41.1 Å². The summed E-state index contributed by atoms with van der Waals surface area (Å²) in [6, 6.07) is 9.65. The summed E-state index contributed by atoms with van der Waals surface area (Å²) >= 11 is 2.83. The minimum atomic E-state index is -1.24. The number of carbonyl (C=O) groups excluding carboxylic acids is 2. The number of fused-ring (bicyclic) bond motifs is 3. The molecule has 3 atom stereocenters. The molecule has 0 aliphatic carbocycles. The van der Waals surface area contributed by atoms with Crippen LogP contribution in [0.5, 0.6) is 0 Å². The molecule has 10 heteroatoms. The molecule has 1 aromatic carbocycles. The number of esters is 2. The number of nitrogens with zero attached hydrogens (tertiary/aromatic N) is 4. The molecule has 0 N–H and O–H groups in total. The molecule has 29 heavy (non-hydrogen) atoms. The Morgan fingerprint density at radius 1 is 1.21 bits per heavy atom. The van der Waals surface area contributed by atoms with Crippen molar-refractivity contribution in [3.8, 4) is 6.07 Å². The maximum atomic E-state index is 11.6. The first-order valence-corrected chi connectivity index (χ1v) is 11.0. The number of carbonyl (C=O) groups is 2. The number of rotatable bonds is 4. The molecule has 1 aromatic heterocycles. The third kappa shape index (κ3) is 3.19. The summed E-state index contributed by atoms with van der Waals surface area (Å²) < 4.78 is 19.7. The van der Waals surface area contributed by atoms with E-state index in [0.717, 1.165) is 28.5 Å². The molecule has 0 amide bonds. The quantitative estimate of drug-likeness (QED) is 0.412. The van der Waals surface area contributed by atoms with Crippen LogP contribution in [-0.4, -0.2) is 44.6 Å². The number of ether oxygens (including phenoxy) is 2. The lowest BCUT2D eigenvalue weighted by Crippen LogP contribution is -2.51. The van der Waals surface area contributed by atoms with Gasteiger partial charge < -0.3 is 9.47 Å². The van der Waals surface area contributed by atoms with Crippen LogP contribution in [-0.2, 0) is 24.8 Å². The Bertz CT molecular complexity index is 1000. The molecule has 4 heterocycles. The fraction of sp³-hybridized carbons (Fsp3) is 0.421. The van der Waals surface area contributed by atoms with Crippen LogP contribution in [0, 0.1) is 17.2 Å². The van der Waals surface area contributed by atoms with Crippen LogP contribution >= 0.6 is 23.5 Å². The van der Waals surface area contributed by atoms with Crippen LogP contribution in [0.15, 0.2) is 29.3 Å². The van der Waals surface area contributed by atoms with Gasteiger partial charge in [-0.25, -0.2) is 14.5 Å². The van der Waals surface area contributed by atoms with Gasteiger partial charge in [-0.1, -0.05) is 23.9 Å². The highest BCUT2D eigenvalue weighted by atomic mass is 32.2. The molecule has 0 saturated carbocycles. The number of aromatic nitrogens is 2. The summed E-state index contributed by atoms with van der Waals surface area (Å²) in [6.07, 6.45) is 1.27. The Hall–Kier alpha value is -2.48. The molecule has 0 radical (unpaired) electrons. The molecule has 3 fully saturated rings. The van der Waals surface area contributed by atoms with Gasteiger partial charge in [0.25, 0.3) is 0 Å². The highest BCUT2D eigenvalue weighted by Gasteiger charge is 2.59. The van der Waals surface area contributed by atoms with E-state index in [1.54, 1.807) is 11.8 Å². The summed E-state index contributed by atoms with van der Waals surface area (Å²) in [7, 11) is 0.